The van der Waals surface area contributed by atoms with Gasteiger partial charge in [0.15, 0.2) is 0 Å². The lowest BCUT2D eigenvalue weighted by Crippen LogP contribution is -2.47. The average molecular weight is 559 g/mol. The number of aliphatic hydroxyl groups is 1. The summed E-state index contributed by atoms with van der Waals surface area (Å²) in [6, 6.07) is 11.9. The largest absolute Gasteiger partial charge is 0.488 e. The van der Waals surface area contributed by atoms with E-state index in [1.807, 2.05) is 33.0 Å². The van der Waals surface area contributed by atoms with Crippen LogP contribution >= 0.6 is 11.3 Å². The summed E-state index contributed by atoms with van der Waals surface area (Å²) < 4.78 is 34.9. The lowest BCUT2D eigenvalue weighted by Gasteiger charge is -2.34. The van der Waals surface area contributed by atoms with Gasteiger partial charge in [0, 0.05) is 49.2 Å². The van der Waals surface area contributed by atoms with Crippen molar-refractivity contribution >= 4 is 33.0 Å². The maximum absolute atomic E-state index is 13.4. The molecular formula is C27H34N4O5S2. The highest BCUT2D eigenvalue weighted by molar-refractivity contribution is 7.94. The molecule has 1 aromatic carbocycles. The van der Waals surface area contributed by atoms with Gasteiger partial charge in [-0.15, -0.1) is 11.3 Å². The molecule has 204 valence electrons. The number of carbonyl (C=O) groups is 1. The first-order chi connectivity index (χ1) is 18.2. The van der Waals surface area contributed by atoms with Crippen LogP contribution < -0.4 is 9.46 Å². The van der Waals surface area contributed by atoms with Crippen molar-refractivity contribution in [1.82, 2.24) is 14.8 Å². The van der Waals surface area contributed by atoms with E-state index >= 15 is 0 Å². The highest BCUT2D eigenvalue weighted by Gasteiger charge is 2.31. The number of aromatic nitrogens is 1. The third kappa shape index (κ3) is 6.90. The lowest BCUT2D eigenvalue weighted by molar-refractivity contribution is -0.134. The third-order valence-corrected chi connectivity index (χ3v) is 9.40. The van der Waals surface area contributed by atoms with Crippen LogP contribution in [0.25, 0.3) is 0 Å². The second-order valence-corrected chi connectivity index (χ2v) is 12.7. The number of thiophene rings is 1. The van der Waals surface area contributed by atoms with Crippen LogP contribution in [0.15, 0.2) is 64.4 Å². The molecule has 2 aromatic heterocycles. The Morgan fingerprint density at radius 1 is 1.26 bits per heavy atom. The van der Waals surface area contributed by atoms with Crippen LogP contribution in [0.5, 0.6) is 5.75 Å². The quantitative estimate of drug-likeness (QED) is 0.415. The molecule has 0 saturated heterocycles. The summed E-state index contributed by atoms with van der Waals surface area (Å²) in [5.41, 5.74) is 2.08. The van der Waals surface area contributed by atoms with Gasteiger partial charge in [-0.25, -0.2) is 8.42 Å². The van der Waals surface area contributed by atoms with Crippen molar-refractivity contribution in [2.75, 3.05) is 31.5 Å². The Hall–Kier alpha value is -2.99. The second kappa shape index (κ2) is 12.2. The molecule has 38 heavy (non-hydrogen) atoms. The van der Waals surface area contributed by atoms with Crippen LogP contribution in [0, 0.1) is 5.92 Å². The molecule has 1 amide bonds. The molecule has 9 nitrogen and oxygen atoms in total. The molecule has 0 bridgehead atoms. The van der Waals surface area contributed by atoms with Gasteiger partial charge in [0.2, 0.25) is 5.91 Å². The zero-order valence-corrected chi connectivity index (χ0v) is 23.4. The average Bonchev–Trinajstić information content (AvgIpc) is 3.44. The molecule has 0 aliphatic carbocycles. The number of hydrogen-bond donors (Lipinski definition) is 2. The molecule has 0 saturated carbocycles. The number of benzene rings is 1. The third-order valence-electron chi connectivity index (χ3n) is 6.62. The summed E-state index contributed by atoms with van der Waals surface area (Å²) in [7, 11) is -1.72. The lowest BCUT2D eigenvalue weighted by atomic mass is 10.0. The van der Waals surface area contributed by atoms with Gasteiger partial charge in [0.05, 0.1) is 19.1 Å². The number of likely N-dealkylation sites (N-methyl/N-ethyl adjacent to an activating group) is 1. The Balaban J connectivity index is 1.63. The van der Waals surface area contributed by atoms with Crippen molar-refractivity contribution in [1.29, 1.82) is 0 Å². The van der Waals surface area contributed by atoms with E-state index in [1.54, 1.807) is 53.0 Å². The Morgan fingerprint density at radius 3 is 2.71 bits per heavy atom. The molecule has 1 aliphatic rings. The van der Waals surface area contributed by atoms with Gasteiger partial charge >= 0.3 is 0 Å². The summed E-state index contributed by atoms with van der Waals surface area (Å²) in [6.07, 6.45) is 3.31. The number of rotatable bonds is 9. The van der Waals surface area contributed by atoms with Gasteiger partial charge in [0.1, 0.15) is 16.1 Å². The van der Waals surface area contributed by atoms with Crippen molar-refractivity contribution in [2.45, 2.75) is 43.2 Å². The van der Waals surface area contributed by atoms with Crippen LogP contribution in [0.3, 0.4) is 0 Å². The second-order valence-electron chi connectivity index (χ2n) is 9.80. The summed E-state index contributed by atoms with van der Waals surface area (Å²) in [4.78, 5) is 21.3. The number of hydrogen-bond acceptors (Lipinski definition) is 8. The number of sulfonamides is 1. The Morgan fingerprint density at radius 2 is 2.03 bits per heavy atom. The number of pyridine rings is 1. The van der Waals surface area contributed by atoms with E-state index in [4.69, 9.17) is 4.74 Å². The number of nitrogens with one attached hydrogen (secondary N) is 1. The maximum atomic E-state index is 13.4. The summed E-state index contributed by atoms with van der Waals surface area (Å²) >= 11 is 1.13. The standard InChI is InChI=1S/C27H34N4O5S2/c1-19-15-31(20(2)18-32)26(33)14-22-13-23(29-38(34,35)27-5-4-12-37-27)6-7-24(22)36-25(19)17-30(3)16-21-8-10-28-11-9-21/h4-13,19-20,25,29,32H,14-18H2,1-3H3/t19-,20-,25-/m1/s1. The van der Waals surface area contributed by atoms with E-state index in [1.165, 1.54) is 0 Å². The molecule has 11 heteroatoms. The predicted molar refractivity (Wildman–Crippen MR) is 148 cm³/mol. The number of carbonyl (C=O) groups excluding carboxylic acids is 1. The Kier molecular flexibility index (Phi) is 9.03. The number of ether oxygens (including phenoxy) is 1. The molecule has 2 N–H and O–H groups in total. The zero-order chi connectivity index (χ0) is 27.3. The molecule has 1 aliphatic heterocycles. The number of nitrogens with zero attached hydrogens (tertiary/aromatic N) is 3. The minimum atomic E-state index is -3.74. The van der Waals surface area contributed by atoms with Crippen molar-refractivity contribution in [3.63, 3.8) is 0 Å². The fourth-order valence-electron chi connectivity index (χ4n) is 4.50. The number of fused-ring (bicyclic) bond motifs is 1. The number of anilines is 1. The van der Waals surface area contributed by atoms with Crippen molar-refractivity contribution in [3.8, 4) is 5.75 Å². The molecule has 0 unspecified atom stereocenters. The van der Waals surface area contributed by atoms with Crippen LogP contribution in [-0.2, 0) is 27.8 Å². The maximum Gasteiger partial charge on any atom is 0.271 e. The van der Waals surface area contributed by atoms with E-state index in [9.17, 15) is 18.3 Å². The van der Waals surface area contributed by atoms with Gasteiger partial charge in [-0.05, 0) is 61.3 Å². The zero-order valence-electron chi connectivity index (χ0n) is 21.8. The van der Waals surface area contributed by atoms with E-state index < -0.39 is 10.0 Å². The van der Waals surface area contributed by atoms with Crippen LogP contribution in [0.2, 0.25) is 0 Å². The molecule has 3 atom stereocenters. The number of aliphatic hydroxyl groups excluding tert-OH is 1. The molecule has 4 rings (SSSR count). The van der Waals surface area contributed by atoms with Gasteiger partial charge in [0.25, 0.3) is 10.0 Å². The fraction of sp³-hybridized carbons (Fsp3) is 0.407. The van der Waals surface area contributed by atoms with E-state index in [2.05, 4.69) is 14.6 Å². The molecule has 3 heterocycles. The van der Waals surface area contributed by atoms with Gasteiger partial charge < -0.3 is 14.7 Å². The highest BCUT2D eigenvalue weighted by atomic mass is 32.2. The molecule has 0 fully saturated rings. The first-order valence-electron chi connectivity index (χ1n) is 12.5. The molecule has 3 aromatic rings. The van der Waals surface area contributed by atoms with Gasteiger partial charge in [-0.1, -0.05) is 13.0 Å². The normalized spacial score (nSPS) is 19.2. The van der Waals surface area contributed by atoms with Crippen LogP contribution in [0.1, 0.15) is 25.0 Å². The van der Waals surface area contributed by atoms with Crippen LogP contribution in [0.4, 0.5) is 5.69 Å². The SMILES string of the molecule is C[C@@H]1CN([C@H](C)CO)C(=O)Cc2cc(NS(=O)(=O)c3cccs3)ccc2O[C@@H]1CN(C)Cc1ccncc1. The van der Waals surface area contributed by atoms with Crippen molar-refractivity contribution < 1.29 is 23.1 Å². The first-order valence-corrected chi connectivity index (χ1v) is 14.9. The smallest absolute Gasteiger partial charge is 0.271 e. The first kappa shape index (κ1) is 28.0. The van der Waals surface area contributed by atoms with Crippen molar-refractivity contribution in [2.24, 2.45) is 5.92 Å². The monoisotopic (exact) mass is 558 g/mol. The highest BCUT2D eigenvalue weighted by Crippen LogP contribution is 2.30. The molecular weight excluding hydrogens is 524 g/mol. The van der Waals surface area contributed by atoms with E-state index in [0.717, 1.165) is 16.9 Å². The Bertz CT molecular complexity index is 1320. The minimum absolute atomic E-state index is 0.0283. The predicted octanol–water partition coefficient (Wildman–Crippen LogP) is 3.22. The minimum Gasteiger partial charge on any atom is -0.488 e. The number of amides is 1. The Labute approximate surface area is 228 Å². The van der Waals surface area contributed by atoms with Crippen LogP contribution in [-0.4, -0.2) is 73.1 Å². The van der Waals surface area contributed by atoms with Gasteiger partial charge in [-0.3, -0.25) is 19.4 Å². The van der Waals surface area contributed by atoms with Crippen molar-refractivity contribution in [3.05, 3.63) is 71.4 Å². The molecule has 0 spiro atoms. The summed E-state index contributed by atoms with van der Waals surface area (Å²) in [5, 5.41) is 11.5. The fourth-order valence-corrected chi connectivity index (χ4v) is 6.55. The summed E-state index contributed by atoms with van der Waals surface area (Å²) in [6.45, 7) is 5.45. The topological polar surface area (TPSA) is 112 Å². The van der Waals surface area contributed by atoms with E-state index in [0.29, 0.717) is 36.6 Å². The van der Waals surface area contributed by atoms with E-state index in [-0.39, 0.29) is 41.2 Å². The molecule has 0 radical (unpaired) electrons. The van der Waals surface area contributed by atoms with Gasteiger partial charge in [-0.2, -0.15) is 0 Å². The summed E-state index contributed by atoms with van der Waals surface area (Å²) in [5.74, 6) is 0.369.